The predicted octanol–water partition coefficient (Wildman–Crippen LogP) is 7.64. The molecule has 0 aliphatic carbocycles. The maximum Gasteiger partial charge on any atom is 0.326 e. The van der Waals surface area contributed by atoms with Gasteiger partial charge in [0.25, 0.3) is 0 Å². The molecular formula is C39H43N5O5. The second-order valence-corrected chi connectivity index (χ2v) is 13.0. The van der Waals surface area contributed by atoms with E-state index in [-0.39, 0.29) is 24.7 Å². The number of amides is 1. The average Bonchev–Trinajstić information content (AvgIpc) is 3.70. The number of aromatic nitrogens is 4. The monoisotopic (exact) mass is 661 g/mol. The molecule has 49 heavy (non-hydrogen) atoms. The van der Waals surface area contributed by atoms with Crippen LogP contribution in [0.3, 0.4) is 0 Å². The molecule has 254 valence electrons. The van der Waals surface area contributed by atoms with Gasteiger partial charge in [0.05, 0.1) is 22.8 Å². The van der Waals surface area contributed by atoms with Crippen LogP contribution in [0.5, 0.6) is 0 Å². The molecule has 0 aromatic carbocycles. The molecule has 5 N–H and O–H groups in total. The van der Waals surface area contributed by atoms with Gasteiger partial charge in [-0.3, -0.25) is 9.59 Å². The SMILES string of the molecule is C=CC1=C(C)c2cc3[nH]c(cc4nc(cc5[nH]c(cc1n2)c(C)c5CCC(=O)NC(C(=O)O)C(C)C)C(CCC(=O)O)=C4C)c(C)c3C=C. The lowest BCUT2D eigenvalue weighted by molar-refractivity contribution is -0.143. The molecule has 0 saturated carbocycles. The summed E-state index contributed by atoms with van der Waals surface area (Å²) in [5.74, 6) is -2.61. The lowest BCUT2D eigenvalue weighted by atomic mass is 10.00. The molecule has 0 saturated heterocycles. The summed E-state index contributed by atoms with van der Waals surface area (Å²) in [5.41, 5.74) is 13.4. The molecule has 10 nitrogen and oxygen atoms in total. The van der Waals surface area contributed by atoms with Crippen LogP contribution >= 0.6 is 0 Å². The number of carbonyl (C=O) groups is 3. The summed E-state index contributed by atoms with van der Waals surface area (Å²) in [6, 6.07) is 6.88. The van der Waals surface area contributed by atoms with Gasteiger partial charge in [-0.1, -0.05) is 39.2 Å². The Labute approximate surface area is 285 Å². The highest BCUT2D eigenvalue weighted by Gasteiger charge is 2.24. The van der Waals surface area contributed by atoms with Crippen molar-refractivity contribution in [1.29, 1.82) is 0 Å². The Balaban J connectivity index is 1.80. The van der Waals surface area contributed by atoms with Crippen LogP contribution < -0.4 is 5.32 Å². The third-order valence-corrected chi connectivity index (χ3v) is 9.48. The van der Waals surface area contributed by atoms with E-state index < -0.39 is 18.0 Å². The fourth-order valence-electron chi connectivity index (χ4n) is 6.53. The molecule has 5 heterocycles. The van der Waals surface area contributed by atoms with Crippen LogP contribution in [0.25, 0.3) is 50.4 Å². The fourth-order valence-corrected chi connectivity index (χ4v) is 6.53. The van der Waals surface area contributed by atoms with Gasteiger partial charge in [0.2, 0.25) is 5.91 Å². The number of carbonyl (C=O) groups excluding carboxylic acids is 1. The zero-order valence-electron chi connectivity index (χ0n) is 28.9. The normalized spacial score (nSPS) is 13.5. The number of aryl methyl sites for hydroxylation is 3. The van der Waals surface area contributed by atoms with E-state index in [1.54, 1.807) is 19.9 Å². The number of nitrogens with one attached hydrogen (secondary N) is 3. The first-order chi connectivity index (χ1) is 23.2. The summed E-state index contributed by atoms with van der Waals surface area (Å²) < 4.78 is 0. The third-order valence-electron chi connectivity index (χ3n) is 9.48. The van der Waals surface area contributed by atoms with Crippen molar-refractivity contribution in [2.45, 2.75) is 73.3 Å². The van der Waals surface area contributed by atoms with Gasteiger partial charge in [0.15, 0.2) is 0 Å². The number of nitrogens with zero attached hydrogens (tertiary/aromatic N) is 2. The third kappa shape index (κ3) is 6.90. The van der Waals surface area contributed by atoms with E-state index in [0.717, 1.165) is 78.0 Å². The number of aromatic amines is 2. The summed E-state index contributed by atoms with van der Waals surface area (Å²) in [7, 11) is 0. The van der Waals surface area contributed by atoms with Gasteiger partial charge in [-0.15, -0.1) is 0 Å². The molecule has 1 amide bonds. The average molecular weight is 662 g/mol. The Morgan fingerprint density at radius 3 is 2.00 bits per heavy atom. The van der Waals surface area contributed by atoms with Crippen LogP contribution in [0, 0.1) is 19.8 Å². The van der Waals surface area contributed by atoms with E-state index in [1.807, 2.05) is 58.0 Å². The number of fused-ring (bicyclic) bond motifs is 8. The fraction of sp³-hybridized carbons (Fsp3) is 0.308. The number of hydrogen-bond donors (Lipinski definition) is 5. The highest BCUT2D eigenvalue weighted by Crippen LogP contribution is 2.36. The largest absolute Gasteiger partial charge is 0.481 e. The summed E-state index contributed by atoms with van der Waals surface area (Å²) >= 11 is 0. The maximum atomic E-state index is 13.0. The van der Waals surface area contributed by atoms with Crippen molar-refractivity contribution >= 4 is 68.3 Å². The van der Waals surface area contributed by atoms with Gasteiger partial charge < -0.3 is 25.5 Å². The van der Waals surface area contributed by atoms with Crippen molar-refractivity contribution in [3.05, 3.63) is 88.5 Å². The van der Waals surface area contributed by atoms with Crippen LogP contribution in [0.2, 0.25) is 0 Å². The predicted molar refractivity (Wildman–Crippen MR) is 195 cm³/mol. The minimum Gasteiger partial charge on any atom is -0.481 e. The van der Waals surface area contributed by atoms with Crippen molar-refractivity contribution in [2.24, 2.45) is 5.92 Å². The second-order valence-electron chi connectivity index (χ2n) is 13.0. The summed E-state index contributed by atoms with van der Waals surface area (Å²) in [4.78, 5) is 53.5. The number of rotatable bonds is 11. The lowest BCUT2D eigenvalue weighted by Gasteiger charge is -2.17. The maximum absolute atomic E-state index is 13.0. The van der Waals surface area contributed by atoms with Gasteiger partial charge in [-0.2, -0.15) is 0 Å². The van der Waals surface area contributed by atoms with Gasteiger partial charge in [0.1, 0.15) is 6.04 Å². The van der Waals surface area contributed by atoms with Crippen LogP contribution in [0.15, 0.2) is 43.5 Å². The van der Waals surface area contributed by atoms with Crippen molar-refractivity contribution < 1.29 is 24.6 Å². The quantitative estimate of drug-likeness (QED) is 0.141. The van der Waals surface area contributed by atoms with Gasteiger partial charge in [-0.05, 0) is 104 Å². The van der Waals surface area contributed by atoms with Crippen molar-refractivity contribution in [2.75, 3.05) is 0 Å². The highest BCUT2D eigenvalue weighted by molar-refractivity contribution is 5.98. The minimum atomic E-state index is -1.08. The van der Waals surface area contributed by atoms with Crippen LogP contribution in [-0.2, 0) is 20.8 Å². The molecule has 2 aliphatic heterocycles. The minimum absolute atomic E-state index is 0.0566. The lowest BCUT2D eigenvalue weighted by Crippen LogP contribution is -2.44. The van der Waals surface area contributed by atoms with E-state index in [0.29, 0.717) is 24.2 Å². The number of hydrogen-bond acceptors (Lipinski definition) is 5. The zero-order valence-corrected chi connectivity index (χ0v) is 28.9. The summed E-state index contributed by atoms with van der Waals surface area (Å²) in [6.07, 6.45) is 4.25. The standard InChI is InChI=1S/C39H43N5O5/c1-9-24-20(5)28-15-29-23(8)27(12-14-37(46)47)35(42-29)18-34-26(11-13-36(45)44-38(19(3)4)39(48)49)22(7)31(43-34)17-33-25(10-2)21(6)30(41-33)16-32(24)40-28/h9-10,15-19,38,40,43H,1-2,11-14H2,3-8H3,(H,44,45)(H,46,47)(H,48,49). The molecule has 8 bridgehead atoms. The number of H-pyrrole nitrogens is 2. The summed E-state index contributed by atoms with van der Waals surface area (Å²) in [6.45, 7) is 19.6. The molecule has 0 radical (unpaired) electrons. The Morgan fingerprint density at radius 2 is 1.37 bits per heavy atom. The molecule has 1 unspecified atom stereocenters. The number of carboxylic acid groups (broad SMARTS) is 2. The zero-order chi connectivity index (χ0) is 35.7. The molecule has 1 atom stereocenters. The summed E-state index contributed by atoms with van der Waals surface area (Å²) in [5, 5.41) is 21.8. The Morgan fingerprint density at radius 1 is 0.776 bits per heavy atom. The molecule has 0 fully saturated rings. The Hall–Kier alpha value is -5.51. The smallest absolute Gasteiger partial charge is 0.326 e. The van der Waals surface area contributed by atoms with Crippen LogP contribution in [-0.4, -0.2) is 54.0 Å². The highest BCUT2D eigenvalue weighted by atomic mass is 16.4. The van der Waals surface area contributed by atoms with Crippen LogP contribution in [0.1, 0.15) is 92.0 Å². The van der Waals surface area contributed by atoms with E-state index in [2.05, 4.69) is 28.4 Å². The van der Waals surface area contributed by atoms with Gasteiger partial charge in [-0.25, -0.2) is 14.8 Å². The molecular weight excluding hydrogens is 618 g/mol. The number of aliphatic carboxylic acids is 2. The van der Waals surface area contributed by atoms with E-state index in [4.69, 9.17) is 9.97 Å². The first kappa shape index (κ1) is 34.8. The molecule has 2 aliphatic rings. The Bertz CT molecular complexity index is 2140. The topological polar surface area (TPSA) is 161 Å². The van der Waals surface area contributed by atoms with Crippen molar-refractivity contribution in [3.8, 4) is 0 Å². The second kappa shape index (κ2) is 13.9. The van der Waals surface area contributed by atoms with Crippen molar-refractivity contribution in [1.82, 2.24) is 25.3 Å². The van der Waals surface area contributed by atoms with Crippen LogP contribution in [0.4, 0.5) is 0 Å². The van der Waals surface area contributed by atoms with Gasteiger partial charge in [0, 0.05) is 46.0 Å². The Kier molecular flexibility index (Phi) is 9.89. The van der Waals surface area contributed by atoms with E-state index in [9.17, 15) is 24.6 Å². The first-order valence-electron chi connectivity index (χ1n) is 16.4. The molecule has 5 rings (SSSR count). The number of allylic oxidation sites excluding steroid dienone is 5. The molecule has 0 spiro atoms. The molecule has 3 aromatic rings. The van der Waals surface area contributed by atoms with E-state index in [1.165, 1.54) is 0 Å². The first-order valence-corrected chi connectivity index (χ1v) is 16.4. The molecule has 10 heteroatoms. The van der Waals surface area contributed by atoms with Crippen molar-refractivity contribution in [3.63, 3.8) is 0 Å². The van der Waals surface area contributed by atoms with Gasteiger partial charge >= 0.3 is 11.9 Å². The van der Waals surface area contributed by atoms with E-state index >= 15 is 0 Å². The number of carboxylic acids is 2. The molecule has 3 aromatic heterocycles.